The molecule has 6 rings (SSSR count). The van der Waals surface area contributed by atoms with E-state index in [1.165, 1.54) is 11.9 Å². The molecule has 0 radical (unpaired) electrons. The summed E-state index contributed by atoms with van der Waals surface area (Å²) >= 11 is 6.37. The predicted octanol–water partition coefficient (Wildman–Crippen LogP) is 3.15. The molecule has 42 heavy (non-hydrogen) atoms. The Morgan fingerprint density at radius 2 is 1.64 bits per heavy atom. The first kappa shape index (κ1) is 27.2. The third-order valence-electron chi connectivity index (χ3n) is 7.65. The number of nitrogens with zero attached hydrogens (tertiary/aromatic N) is 5. The first-order chi connectivity index (χ1) is 20.3. The van der Waals surface area contributed by atoms with Crippen molar-refractivity contribution in [1.29, 1.82) is 0 Å². The molecule has 0 saturated carbocycles. The number of hydrogen-bond donors (Lipinski definition) is 2. The summed E-state index contributed by atoms with van der Waals surface area (Å²) in [6.45, 7) is 1.17. The van der Waals surface area contributed by atoms with E-state index in [1.807, 2.05) is 66.7 Å². The lowest BCUT2D eigenvalue weighted by Crippen LogP contribution is -2.43. The monoisotopic (exact) mass is 581 g/mol. The van der Waals surface area contributed by atoms with E-state index in [0.29, 0.717) is 24.5 Å². The Labute approximate surface area is 247 Å². The van der Waals surface area contributed by atoms with Crippen LogP contribution in [0.3, 0.4) is 0 Å². The molecule has 0 unspecified atom stereocenters. The molecule has 2 aliphatic heterocycles. The quantitative estimate of drug-likeness (QED) is 0.362. The SMILES string of the molecule is CNC(=O)c1nc2n(c1Cl)CCN(C(=O)c1cccc(CN3C(=O)C(c4ccccc4)(c4ccccc4)N=C3N)c1)C2. The van der Waals surface area contributed by atoms with Crippen LogP contribution in [-0.2, 0) is 30.0 Å². The first-order valence-electron chi connectivity index (χ1n) is 13.5. The molecule has 3 aromatic carbocycles. The van der Waals surface area contributed by atoms with E-state index in [-0.39, 0.29) is 47.6 Å². The summed E-state index contributed by atoms with van der Waals surface area (Å²) in [4.78, 5) is 52.0. The Hall–Kier alpha value is -4.96. The molecule has 4 aromatic rings. The topological polar surface area (TPSA) is 126 Å². The van der Waals surface area contributed by atoms with Gasteiger partial charge in [-0.05, 0) is 28.8 Å². The number of nitrogens with two attached hydrogens (primary N) is 1. The van der Waals surface area contributed by atoms with Crippen LogP contribution >= 0.6 is 11.6 Å². The van der Waals surface area contributed by atoms with E-state index in [0.717, 1.165) is 16.7 Å². The highest BCUT2D eigenvalue weighted by Crippen LogP contribution is 2.40. The number of carbonyl (C=O) groups excluding carboxylic acids is 3. The van der Waals surface area contributed by atoms with Gasteiger partial charge >= 0.3 is 0 Å². The lowest BCUT2D eigenvalue weighted by atomic mass is 9.83. The second-order valence-electron chi connectivity index (χ2n) is 10.1. The highest BCUT2D eigenvalue weighted by atomic mass is 35.5. The van der Waals surface area contributed by atoms with Crippen LogP contribution in [0.2, 0.25) is 5.15 Å². The maximum atomic E-state index is 14.1. The average Bonchev–Trinajstić information content (AvgIpc) is 3.50. The fourth-order valence-electron chi connectivity index (χ4n) is 5.53. The number of rotatable bonds is 6. The van der Waals surface area contributed by atoms with Crippen LogP contribution in [0.4, 0.5) is 0 Å². The van der Waals surface area contributed by atoms with Gasteiger partial charge in [0.2, 0.25) is 0 Å². The van der Waals surface area contributed by atoms with E-state index in [1.54, 1.807) is 27.7 Å². The van der Waals surface area contributed by atoms with Crippen molar-refractivity contribution >= 4 is 35.3 Å². The van der Waals surface area contributed by atoms with Crippen molar-refractivity contribution in [2.45, 2.75) is 25.2 Å². The number of fused-ring (bicyclic) bond motifs is 1. The summed E-state index contributed by atoms with van der Waals surface area (Å²) in [6, 6.07) is 25.9. The molecule has 0 fully saturated rings. The third-order valence-corrected chi connectivity index (χ3v) is 8.03. The second kappa shape index (κ2) is 10.8. The van der Waals surface area contributed by atoms with E-state index < -0.39 is 5.54 Å². The minimum atomic E-state index is -1.30. The smallest absolute Gasteiger partial charge is 0.272 e. The molecule has 11 heteroatoms. The summed E-state index contributed by atoms with van der Waals surface area (Å²) in [5, 5.41) is 2.79. The van der Waals surface area contributed by atoms with Crippen molar-refractivity contribution < 1.29 is 14.4 Å². The Bertz CT molecular complexity index is 1680. The molecule has 3 heterocycles. The van der Waals surface area contributed by atoms with Gasteiger partial charge in [-0.3, -0.25) is 19.3 Å². The summed E-state index contributed by atoms with van der Waals surface area (Å²) in [6.07, 6.45) is 0. The van der Waals surface area contributed by atoms with Crippen molar-refractivity contribution in [2.24, 2.45) is 10.7 Å². The zero-order valence-corrected chi connectivity index (χ0v) is 23.6. The van der Waals surface area contributed by atoms with Gasteiger partial charge in [0.05, 0.1) is 13.1 Å². The van der Waals surface area contributed by atoms with Crippen LogP contribution in [0.5, 0.6) is 0 Å². The molecule has 212 valence electrons. The molecule has 3 N–H and O–H groups in total. The molecular weight excluding hydrogens is 554 g/mol. The standard InChI is InChI=1S/C31H28ClN7O3/c1-34-27(40)25-26(32)38-16-15-37(19-24(38)35-25)28(41)21-10-8-9-20(17-21)18-39-29(42)31(36-30(39)33,22-11-4-2-5-12-22)23-13-6-3-7-14-23/h2-14,17H,15-16,18-19H2,1H3,(H2,33,36)(H,34,40). The Kier molecular flexibility index (Phi) is 6.99. The molecule has 0 aliphatic carbocycles. The molecule has 0 atom stereocenters. The van der Waals surface area contributed by atoms with Gasteiger partial charge in [0.1, 0.15) is 11.0 Å². The number of nitrogens with one attached hydrogen (secondary N) is 1. The van der Waals surface area contributed by atoms with E-state index in [2.05, 4.69) is 10.3 Å². The zero-order chi connectivity index (χ0) is 29.4. The number of aliphatic imine (C=N–C) groups is 1. The summed E-state index contributed by atoms with van der Waals surface area (Å²) in [5.41, 5.74) is 7.88. The molecule has 0 bridgehead atoms. The fraction of sp³-hybridized carbons (Fsp3) is 0.194. The van der Waals surface area contributed by atoms with Gasteiger partial charge in [-0.15, -0.1) is 0 Å². The van der Waals surface area contributed by atoms with Crippen molar-refractivity contribution in [3.63, 3.8) is 0 Å². The number of guanidine groups is 1. The predicted molar refractivity (Wildman–Crippen MR) is 158 cm³/mol. The van der Waals surface area contributed by atoms with E-state index in [4.69, 9.17) is 22.3 Å². The summed E-state index contributed by atoms with van der Waals surface area (Å²) in [7, 11) is 1.51. The maximum absolute atomic E-state index is 14.1. The third kappa shape index (κ3) is 4.50. The normalized spacial score (nSPS) is 15.8. The molecule has 3 amide bonds. The number of halogens is 1. The summed E-state index contributed by atoms with van der Waals surface area (Å²) < 4.78 is 1.75. The van der Waals surface area contributed by atoms with Crippen molar-refractivity contribution in [1.82, 2.24) is 24.7 Å². The van der Waals surface area contributed by atoms with Crippen LogP contribution in [0.1, 0.15) is 43.4 Å². The lowest BCUT2D eigenvalue weighted by Gasteiger charge is -2.28. The van der Waals surface area contributed by atoms with Gasteiger partial charge in [-0.2, -0.15) is 0 Å². The van der Waals surface area contributed by atoms with Crippen LogP contribution < -0.4 is 11.1 Å². The van der Waals surface area contributed by atoms with Crippen molar-refractivity contribution in [2.75, 3.05) is 13.6 Å². The Morgan fingerprint density at radius 3 is 2.29 bits per heavy atom. The molecule has 10 nitrogen and oxygen atoms in total. The molecule has 0 spiro atoms. The van der Waals surface area contributed by atoms with Gasteiger partial charge in [0.15, 0.2) is 17.2 Å². The molecule has 2 aliphatic rings. The number of benzene rings is 3. The minimum absolute atomic E-state index is 0.108. The van der Waals surface area contributed by atoms with E-state index >= 15 is 0 Å². The number of carbonyl (C=O) groups is 3. The molecular formula is C31H28ClN7O3. The van der Waals surface area contributed by atoms with Gasteiger partial charge < -0.3 is 20.5 Å². The van der Waals surface area contributed by atoms with Crippen LogP contribution in [-0.4, -0.2) is 56.6 Å². The lowest BCUT2D eigenvalue weighted by molar-refractivity contribution is -0.130. The zero-order valence-electron chi connectivity index (χ0n) is 22.8. The highest BCUT2D eigenvalue weighted by molar-refractivity contribution is 6.32. The van der Waals surface area contributed by atoms with Crippen LogP contribution in [0.15, 0.2) is 89.9 Å². The van der Waals surface area contributed by atoms with Gasteiger partial charge in [-0.25, -0.2) is 9.98 Å². The number of imidazole rings is 1. The fourth-order valence-corrected chi connectivity index (χ4v) is 5.84. The van der Waals surface area contributed by atoms with Crippen molar-refractivity contribution in [3.05, 3.63) is 124 Å². The van der Waals surface area contributed by atoms with Gasteiger partial charge in [0.25, 0.3) is 17.7 Å². The average molecular weight is 582 g/mol. The van der Waals surface area contributed by atoms with Gasteiger partial charge in [0, 0.05) is 25.7 Å². The van der Waals surface area contributed by atoms with Crippen molar-refractivity contribution in [3.8, 4) is 0 Å². The minimum Gasteiger partial charge on any atom is -0.369 e. The van der Waals surface area contributed by atoms with Crippen LogP contribution in [0.25, 0.3) is 0 Å². The largest absolute Gasteiger partial charge is 0.369 e. The number of amides is 3. The molecule has 0 saturated heterocycles. The van der Waals surface area contributed by atoms with E-state index in [9.17, 15) is 14.4 Å². The Balaban J connectivity index is 1.24. The first-order valence-corrected chi connectivity index (χ1v) is 13.8. The highest BCUT2D eigenvalue weighted by Gasteiger charge is 2.50. The molecule has 1 aromatic heterocycles. The number of hydrogen-bond acceptors (Lipinski definition) is 6. The number of aromatic nitrogens is 2. The Morgan fingerprint density at radius 1 is 0.976 bits per heavy atom. The van der Waals surface area contributed by atoms with Gasteiger partial charge in [-0.1, -0.05) is 84.4 Å². The van der Waals surface area contributed by atoms with Crippen LogP contribution in [0, 0.1) is 0 Å². The second-order valence-corrected chi connectivity index (χ2v) is 10.5. The maximum Gasteiger partial charge on any atom is 0.272 e. The summed E-state index contributed by atoms with van der Waals surface area (Å²) in [5.74, 6) is -0.188.